The van der Waals surface area contributed by atoms with Crippen LogP contribution in [-0.2, 0) is 0 Å². The summed E-state index contributed by atoms with van der Waals surface area (Å²) in [6.07, 6.45) is 5.35. The molecule has 0 amide bonds. The third-order valence-electron chi connectivity index (χ3n) is 2.60. The summed E-state index contributed by atoms with van der Waals surface area (Å²) >= 11 is 1.66. The maximum atomic E-state index is 5.68. The van der Waals surface area contributed by atoms with E-state index in [1.54, 1.807) is 30.2 Å². The Labute approximate surface area is 125 Å². The molecule has 3 aromatic rings. The van der Waals surface area contributed by atoms with Crippen molar-refractivity contribution in [2.45, 2.75) is 4.90 Å². The van der Waals surface area contributed by atoms with E-state index in [4.69, 9.17) is 10.5 Å². The summed E-state index contributed by atoms with van der Waals surface area (Å²) in [5, 5.41) is 4.05. The molecule has 0 unspecified atom stereocenters. The highest BCUT2D eigenvalue weighted by atomic mass is 32.2. The van der Waals surface area contributed by atoms with Crippen LogP contribution in [0, 0.1) is 0 Å². The smallest absolute Gasteiger partial charge is 0.328 e. The fourth-order valence-electron chi connectivity index (χ4n) is 1.65. The van der Waals surface area contributed by atoms with Crippen molar-refractivity contribution in [1.29, 1.82) is 0 Å². The molecule has 0 fully saturated rings. The Morgan fingerprint density at radius 2 is 1.95 bits per heavy atom. The Balaban J connectivity index is 1.88. The number of thioether (sulfide) groups is 1. The van der Waals surface area contributed by atoms with E-state index in [1.807, 2.05) is 30.5 Å². The van der Waals surface area contributed by atoms with Gasteiger partial charge in [-0.25, -0.2) is 4.68 Å². The van der Waals surface area contributed by atoms with Gasteiger partial charge in [-0.3, -0.25) is 0 Å². The summed E-state index contributed by atoms with van der Waals surface area (Å²) in [5.74, 6) is 1.01. The first-order chi connectivity index (χ1) is 10.2. The lowest BCUT2D eigenvalue weighted by Gasteiger charge is -2.06. The molecule has 21 heavy (non-hydrogen) atoms. The van der Waals surface area contributed by atoms with Gasteiger partial charge in [0, 0.05) is 17.3 Å². The second-order valence-corrected chi connectivity index (χ2v) is 4.88. The summed E-state index contributed by atoms with van der Waals surface area (Å²) in [4.78, 5) is 13.3. The van der Waals surface area contributed by atoms with Crippen LogP contribution in [0.25, 0.3) is 5.95 Å². The molecule has 1 aromatic carbocycles. The van der Waals surface area contributed by atoms with Gasteiger partial charge in [-0.05, 0) is 36.6 Å². The van der Waals surface area contributed by atoms with Gasteiger partial charge in [-0.1, -0.05) is 0 Å². The standard InChI is InChI=1S/C13H12N6OS/c1-21-10-5-3-9(4-6-10)20-13-17-11(14)16-12(18-13)19-8-2-7-15-19/h2-8H,1H3,(H2,14,16,17,18). The van der Waals surface area contributed by atoms with Gasteiger partial charge in [0.05, 0.1) is 0 Å². The largest absolute Gasteiger partial charge is 0.424 e. The zero-order chi connectivity index (χ0) is 14.7. The molecule has 0 aliphatic heterocycles. The fraction of sp³-hybridized carbons (Fsp3) is 0.0769. The lowest BCUT2D eigenvalue weighted by atomic mass is 10.3. The molecule has 2 N–H and O–H groups in total. The minimum absolute atomic E-state index is 0.0752. The van der Waals surface area contributed by atoms with Crippen LogP contribution >= 0.6 is 11.8 Å². The van der Waals surface area contributed by atoms with Crippen molar-refractivity contribution in [3.05, 3.63) is 42.7 Å². The first-order valence-corrected chi connectivity index (χ1v) is 7.30. The van der Waals surface area contributed by atoms with E-state index >= 15 is 0 Å². The van der Waals surface area contributed by atoms with Gasteiger partial charge < -0.3 is 10.5 Å². The zero-order valence-corrected chi connectivity index (χ0v) is 12.0. The number of ether oxygens (including phenoxy) is 1. The number of anilines is 1. The highest BCUT2D eigenvalue weighted by Crippen LogP contribution is 2.22. The fourth-order valence-corrected chi connectivity index (χ4v) is 2.05. The van der Waals surface area contributed by atoms with Gasteiger partial charge in [-0.2, -0.15) is 20.1 Å². The van der Waals surface area contributed by atoms with Crippen LogP contribution in [0.15, 0.2) is 47.6 Å². The van der Waals surface area contributed by atoms with Crippen LogP contribution in [0.4, 0.5) is 5.95 Å². The number of hydrogen-bond donors (Lipinski definition) is 1. The van der Waals surface area contributed by atoms with Crippen LogP contribution in [0.2, 0.25) is 0 Å². The van der Waals surface area contributed by atoms with E-state index in [2.05, 4.69) is 20.1 Å². The molecule has 2 heterocycles. The van der Waals surface area contributed by atoms with Crippen LogP contribution < -0.4 is 10.5 Å². The third kappa shape index (κ3) is 3.11. The van der Waals surface area contributed by atoms with Crippen molar-refractivity contribution >= 4 is 17.7 Å². The lowest BCUT2D eigenvalue weighted by Crippen LogP contribution is -2.07. The molecular formula is C13H12N6OS. The maximum Gasteiger partial charge on any atom is 0.328 e. The molecule has 0 aliphatic carbocycles. The SMILES string of the molecule is CSc1ccc(Oc2nc(N)nc(-n3cccn3)n2)cc1. The second kappa shape index (κ2) is 5.80. The quantitative estimate of drug-likeness (QED) is 0.738. The molecule has 2 aromatic heterocycles. The summed E-state index contributed by atoms with van der Waals surface area (Å²) < 4.78 is 7.09. The normalized spacial score (nSPS) is 10.5. The number of nitrogen functional groups attached to an aromatic ring is 1. The molecule has 8 heteroatoms. The number of aromatic nitrogens is 5. The summed E-state index contributed by atoms with van der Waals surface area (Å²) in [5.41, 5.74) is 5.68. The van der Waals surface area contributed by atoms with Gasteiger partial charge >= 0.3 is 6.01 Å². The Bertz CT molecular complexity index is 729. The van der Waals surface area contributed by atoms with E-state index < -0.39 is 0 Å². The molecule has 0 bridgehead atoms. The van der Waals surface area contributed by atoms with E-state index in [0.29, 0.717) is 11.7 Å². The molecule has 0 saturated carbocycles. The number of benzene rings is 1. The summed E-state index contributed by atoms with van der Waals surface area (Å²) in [6.45, 7) is 0. The van der Waals surface area contributed by atoms with Crippen molar-refractivity contribution in [3.8, 4) is 17.7 Å². The zero-order valence-electron chi connectivity index (χ0n) is 11.2. The van der Waals surface area contributed by atoms with Gasteiger partial charge in [0.2, 0.25) is 5.95 Å². The lowest BCUT2D eigenvalue weighted by molar-refractivity contribution is 0.438. The van der Waals surface area contributed by atoms with E-state index in [9.17, 15) is 0 Å². The molecule has 7 nitrogen and oxygen atoms in total. The molecule has 0 spiro atoms. The first-order valence-electron chi connectivity index (χ1n) is 6.08. The average Bonchev–Trinajstić information content (AvgIpc) is 3.02. The first kappa shape index (κ1) is 13.4. The minimum atomic E-state index is 0.0752. The number of rotatable bonds is 4. The Morgan fingerprint density at radius 1 is 1.14 bits per heavy atom. The molecule has 0 saturated heterocycles. The van der Waals surface area contributed by atoms with Crippen LogP contribution in [0.3, 0.4) is 0 Å². The Morgan fingerprint density at radius 3 is 2.62 bits per heavy atom. The van der Waals surface area contributed by atoms with Crippen LogP contribution in [0.5, 0.6) is 11.8 Å². The van der Waals surface area contributed by atoms with Gasteiger partial charge in [-0.15, -0.1) is 11.8 Å². The van der Waals surface area contributed by atoms with Crippen molar-refractivity contribution in [2.24, 2.45) is 0 Å². The van der Waals surface area contributed by atoms with Gasteiger partial charge in [0.1, 0.15) is 5.75 Å². The van der Waals surface area contributed by atoms with Crippen molar-refractivity contribution in [1.82, 2.24) is 24.7 Å². The van der Waals surface area contributed by atoms with E-state index in [0.717, 1.165) is 4.90 Å². The van der Waals surface area contributed by atoms with Gasteiger partial charge in [0.25, 0.3) is 5.95 Å². The summed E-state index contributed by atoms with van der Waals surface area (Å²) in [7, 11) is 0. The minimum Gasteiger partial charge on any atom is -0.424 e. The van der Waals surface area contributed by atoms with Gasteiger partial charge in [0.15, 0.2) is 0 Å². The predicted octanol–water partition coefficient (Wildman–Crippen LogP) is 2.15. The highest BCUT2D eigenvalue weighted by Gasteiger charge is 2.08. The van der Waals surface area contributed by atoms with E-state index in [1.165, 1.54) is 4.68 Å². The maximum absolute atomic E-state index is 5.68. The number of hydrogen-bond acceptors (Lipinski definition) is 7. The third-order valence-corrected chi connectivity index (χ3v) is 3.34. The predicted molar refractivity (Wildman–Crippen MR) is 79.7 cm³/mol. The Kier molecular flexibility index (Phi) is 3.69. The molecule has 0 radical (unpaired) electrons. The number of nitrogens with zero attached hydrogens (tertiary/aromatic N) is 5. The average molecular weight is 300 g/mol. The van der Waals surface area contributed by atoms with Crippen LogP contribution in [0.1, 0.15) is 0 Å². The van der Waals surface area contributed by atoms with Crippen molar-refractivity contribution in [3.63, 3.8) is 0 Å². The molecule has 0 atom stereocenters. The molecule has 106 valence electrons. The van der Waals surface area contributed by atoms with Crippen LogP contribution in [-0.4, -0.2) is 31.0 Å². The number of nitrogens with two attached hydrogens (primary N) is 1. The van der Waals surface area contributed by atoms with Crippen molar-refractivity contribution < 1.29 is 4.74 Å². The molecular weight excluding hydrogens is 288 g/mol. The monoisotopic (exact) mass is 300 g/mol. The second-order valence-electron chi connectivity index (χ2n) is 4.00. The molecule has 3 rings (SSSR count). The Hall–Kier alpha value is -2.61. The van der Waals surface area contributed by atoms with Crippen molar-refractivity contribution in [2.75, 3.05) is 12.0 Å². The topological polar surface area (TPSA) is 91.7 Å². The summed E-state index contributed by atoms with van der Waals surface area (Å²) in [6, 6.07) is 9.50. The van der Waals surface area contributed by atoms with E-state index in [-0.39, 0.29) is 12.0 Å². The molecule has 0 aliphatic rings. The highest BCUT2D eigenvalue weighted by molar-refractivity contribution is 7.98.